The van der Waals surface area contributed by atoms with Crippen LogP contribution in [0.2, 0.25) is 0 Å². The van der Waals surface area contributed by atoms with Crippen LogP contribution in [0.4, 0.5) is 0 Å². The maximum Gasteiger partial charge on any atom is 0.319 e. The number of methoxy groups -OCH3 is 1. The van der Waals surface area contributed by atoms with E-state index in [-0.39, 0.29) is 11.5 Å². The highest BCUT2D eigenvalue weighted by Gasteiger charge is 2.29. The fourth-order valence-corrected chi connectivity index (χ4v) is 2.22. The minimum absolute atomic E-state index is 0.164. The Labute approximate surface area is 86.2 Å². The summed E-state index contributed by atoms with van der Waals surface area (Å²) in [4.78, 5) is 11.0. The molecule has 1 aliphatic carbocycles. The van der Waals surface area contributed by atoms with E-state index in [9.17, 15) is 4.79 Å². The molecule has 0 spiro atoms. The molecular weight excluding hydrogens is 178 g/mol. The molecule has 0 heterocycles. The van der Waals surface area contributed by atoms with Crippen molar-refractivity contribution in [1.29, 1.82) is 0 Å². The predicted octanol–water partition coefficient (Wildman–Crippen LogP) is 1.86. The SMILES string of the molecule is CCC1(NCC(=O)OC)CCCCC1. The molecule has 1 rings (SSSR count). The van der Waals surface area contributed by atoms with Crippen LogP contribution in [0, 0.1) is 0 Å². The van der Waals surface area contributed by atoms with E-state index in [0.29, 0.717) is 6.54 Å². The summed E-state index contributed by atoms with van der Waals surface area (Å²) in [7, 11) is 1.43. The largest absolute Gasteiger partial charge is 0.468 e. The second-order valence-electron chi connectivity index (χ2n) is 4.12. The van der Waals surface area contributed by atoms with E-state index in [1.54, 1.807) is 0 Å². The lowest BCUT2D eigenvalue weighted by molar-refractivity contribution is -0.140. The molecule has 14 heavy (non-hydrogen) atoms. The summed E-state index contributed by atoms with van der Waals surface area (Å²) in [6, 6.07) is 0. The van der Waals surface area contributed by atoms with Gasteiger partial charge in [-0.2, -0.15) is 0 Å². The van der Waals surface area contributed by atoms with Gasteiger partial charge >= 0.3 is 5.97 Å². The van der Waals surface area contributed by atoms with Crippen LogP contribution < -0.4 is 5.32 Å². The van der Waals surface area contributed by atoms with E-state index < -0.39 is 0 Å². The average Bonchev–Trinajstić information content (AvgIpc) is 2.27. The van der Waals surface area contributed by atoms with Gasteiger partial charge in [0.15, 0.2) is 0 Å². The van der Waals surface area contributed by atoms with Crippen molar-refractivity contribution in [1.82, 2.24) is 5.32 Å². The van der Waals surface area contributed by atoms with Gasteiger partial charge in [0.1, 0.15) is 0 Å². The minimum atomic E-state index is -0.164. The Kier molecular flexibility index (Phi) is 4.39. The normalized spacial score (nSPS) is 20.4. The first-order valence-electron chi connectivity index (χ1n) is 5.54. The molecule has 1 fully saturated rings. The van der Waals surface area contributed by atoms with Gasteiger partial charge in [-0.1, -0.05) is 26.2 Å². The zero-order valence-corrected chi connectivity index (χ0v) is 9.27. The Bertz CT molecular complexity index is 186. The molecule has 3 nitrogen and oxygen atoms in total. The van der Waals surface area contributed by atoms with Gasteiger partial charge in [-0.05, 0) is 19.3 Å². The second-order valence-corrected chi connectivity index (χ2v) is 4.12. The molecule has 0 unspecified atom stereocenters. The lowest BCUT2D eigenvalue weighted by Crippen LogP contribution is -2.48. The number of carbonyl (C=O) groups excluding carboxylic acids is 1. The molecular formula is C11H21NO2. The summed E-state index contributed by atoms with van der Waals surface area (Å²) in [6.45, 7) is 2.54. The molecule has 0 aromatic rings. The molecule has 0 aromatic heterocycles. The molecule has 1 N–H and O–H groups in total. The Balaban J connectivity index is 2.39. The molecule has 0 atom stereocenters. The van der Waals surface area contributed by atoms with Crippen molar-refractivity contribution in [3.8, 4) is 0 Å². The van der Waals surface area contributed by atoms with E-state index in [1.165, 1.54) is 39.2 Å². The van der Waals surface area contributed by atoms with Gasteiger partial charge < -0.3 is 10.1 Å². The monoisotopic (exact) mass is 199 g/mol. The summed E-state index contributed by atoms with van der Waals surface area (Å²) in [5.74, 6) is -0.164. The lowest BCUT2D eigenvalue weighted by atomic mass is 9.80. The third-order valence-corrected chi connectivity index (χ3v) is 3.32. The second kappa shape index (κ2) is 5.35. The van der Waals surface area contributed by atoms with Crippen molar-refractivity contribution in [2.45, 2.75) is 51.0 Å². The molecule has 1 saturated carbocycles. The molecule has 0 aromatic carbocycles. The van der Waals surface area contributed by atoms with E-state index in [0.717, 1.165) is 6.42 Å². The van der Waals surface area contributed by atoms with Crippen molar-refractivity contribution in [3.05, 3.63) is 0 Å². The van der Waals surface area contributed by atoms with Crippen molar-refractivity contribution in [2.24, 2.45) is 0 Å². The van der Waals surface area contributed by atoms with Crippen LogP contribution in [0.15, 0.2) is 0 Å². The van der Waals surface area contributed by atoms with E-state index in [4.69, 9.17) is 0 Å². The van der Waals surface area contributed by atoms with E-state index in [2.05, 4.69) is 17.0 Å². The Morgan fingerprint density at radius 2 is 2.00 bits per heavy atom. The molecule has 0 saturated heterocycles. The quantitative estimate of drug-likeness (QED) is 0.702. The molecule has 1 aliphatic rings. The van der Waals surface area contributed by atoms with Crippen molar-refractivity contribution in [2.75, 3.05) is 13.7 Å². The molecule has 0 bridgehead atoms. The molecule has 82 valence electrons. The Hall–Kier alpha value is -0.570. The minimum Gasteiger partial charge on any atom is -0.468 e. The average molecular weight is 199 g/mol. The number of ether oxygens (including phenoxy) is 1. The third-order valence-electron chi connectivity index (χ3n) is 3.32. The molecule has 0 aliphatic heterocycles. The summed E-state index contributed by atoms with van der Waals surface area (Å²) in [5.41, 5.74) is 0.201. The van der Waals surface area contributed by atoms with Crippen LogP contribution in [-0.2, 0) is 9.53 Å². The number of carbonyl (C=O) groups is 1. The van der Waals surface area contributed by atoms with E-state index >= 15 is 0 Å². The maximum atomic E-state index is 11.0. The third kappa shape index (κ3) is 2.98. The summed E-state index contributed by atoms with van der Waals surface area (Å²) >= 11 is 0. The highest BCUT2D eigenvalue weighted by atomic mass is 16.5. The molecule has 0 amide bonds. The topological polar surface area (TPSA) is 38.3 Å². The fraction of sp³-hybridized carbons (Fsp3) is 0.909. The summed E-state index contributed by atoms with van der Waals surface area (Å²) < 4.78 is 4.63. The number of hydrogen-bond donors (Lipinski definition) is 1. The van der Waals surface area contributed by atoms with Crippen LogP contribution in [-0.4, -0.2) is 25.2 Å². The Morgan fingerprint density at radius 1 is 1.36 bits per heavy atom. The predicted molar refractivity (Wildman–Crippen MR) is 56.1 cm³/mol. The van der Waals surface area contributed by atoms with E-state index in [1.807, 2.05) is 0 Å². The maximum absolute atomic E-state index is 11.0. The number of nitrogens with one attached hydrogen (secondary N) is 1. The van der Waals surface area contributed by atoms with Gasteiger partial charge in [0.05, 0.1) is 13.7 Å². The van der Waals surface area contributed by atoms with Gasteiger partial charge in [0, 0.05) is 5.54 Å². The molecule has 0 radical (unpaired) electrons. The van der Waals surface area contributed by atoms with Gasteiger partial charge in [-0.3, -0.25) is 4.79 Å². The highest BCUT2D eigenvalue weighted by molar-refractivity contribution is 5.71. The lowest BCUT2D eigenvalue weighted by Gasteiger charge is -2.37. The van der Waals surface area contributed by atoms with Gasteiger partial charge in [-0.25, -0.2) is 0 Å². The van der Waals surface area contributed by atoms with Gasteiger partial charge in [0.25, 0.3) is 0 Å². The van der Waals surface area contributed by atoms with Crippen LogP contribution >= 0.6 is 0 Å². The summed E-state index contributed by atoms with van der Waals surface area (Å²) in [6.07, 6.45) is 7.39. The fourth-order valence-electron chi connectivity index (χ4n) is 2.22. The van der Waals surface area contributed by atoms with Crippen molar-refractivity contribution >= 4 is 5.97 Å². The molecule has 3 heteroatoms. The van der Waals surface area contributed by atoms with Crippen LogP contribution in [0.25, 0.3) is 0 Å². The highest BCUT2D eigenvalue weighted by Crippen LogP contribution is 2.30. The first-order chi connectivity index (χ1) is 6.72. The van der Waals surface area contributed by atoms with Crippen LogP contribution in [0.1, 0.15) is 45.4 Å². The smallest absolute Gasteiger partial charge is 0.319 e. The first-order valence-corrected chi connectivity index (χ1v) is 5.54. The number of hydrogen-bond acceptors (Lipinski definition) is 3. The van der Waals surface area contributed by atoms with Gasteiger partial charge in [0.2, 0.25) is 0 Å². The van der Waals surface area contributed by atoms with Crippen LogP contribution in [0.3, 0.4) is 0 Å². The van der Waals surface area contributed by atoms with Gasteiger partial charge in [-0.15, -0.1) is 0 Å². The van der Waals surface area contributed by atoms with Crippen LogP contribution in [0.5, 0.6) is 0 Å². The number of esters is 1. The zero-order valence-electron chi connectivity index (χ0n) is 9.27. The summed E-state index contributed by atoms with van der Waals surface area (Å²) in [5, 5.41) is 3.36. The zero-order chi connectivity index (χ0) is 10.4. The standard InChI is InChI=1S/C11H21NO2/c1-3-11(7-5-4-6-8-11)12-9-10(13)14-2/h12H,3-9H2,1-2H3. The first kappa shape index (κ1) is 11.5. The Morgan fingerprint density at radius 3 is 2.50 bits per heavy atom. The van der Waals surface area contributed by atoms with Crippen molar-refractivity contribution in [3.63, 3.8) is 0 Å². The number of rotatable bonds is 4. The van der Waals surface area contributed by atoms with Crippen molar-refractivity contribution < 1.29 is 9.53 Å².